The van der Waals surface area contributed by atoms with Gasteiger partial charge in [-0.3, -0.25) is 4.68 Å². The predicted octanol–water partition coefficient (Wildman–Crippen LogP) is 3.09. The topological polar surface area (TPSA) is 118 Å². The summed E-state index contributed by atoms with van der Waals surface area (Å²) in [4.78, 5) is 12.9. The van der Waals surface area contributed by atoms with Crippen molar-refractivity contribution in [3.05, 3.63) is 70.6 Å². The third-order valence-corrected chi connectivity index (χ3v) is 4.90. The first-order valence-corrected chi connectivity index (χ1v) is 9.27. The summed E-state index contributed by atoms with van der Waals surface area (Å²) in [5.74, 6) is 0.694. The van der Waals surface area contributed by atoms with E-state index in [0.29, 0.717) is 35.9 Å². The van der Waals surface area contributed by atoms with Gasteiger partial charge in [0.25, 0.3) is 0 Å². The Balaban J connectivity index is 1.61. The highest BCUT2D eigenvalue weighted by atomic mass is 19.1. The Kier molecular flexibility index (Phi) is 4.98. The number of aryl methyl sites for hydroxylation is 2. The van der Waals surface area contributed by atoms with E-state index >= 15 is 0 Å². The number of nitrogens with zero attached hydrogens (tertiary/aromatic N) is 6. The van der Waals surface area contributed by atoms with E-state index < -0.39 is 5.82 Å². The number of pyridine rings is 1. The normalized spacial score (nSPS) is 10.9. The highest BCUT2D eigenvalue weighted by molar-refractivity contribution is 5.85. The lowest BCUT2D eigenvalue weighted by atomic mass is 10.1. The maximum Gasteiger partial charge on any atom is 0.186 e. The van der Waals surface area contributed by atoms with Crippen LogP contribution >= 0.6 is 0 Å². The zero-order valence-corrected chi connectivity index (χ0v) is 16.5. The van der Waals surface area contributed by atoms with Gasteiger partial charge in [0.15, 0.2) is 5.65 Å². The lowest BCUT2D eigenvalue weighted by molar-refractivity contribution is 0.624. The van der Waals surface area contributed by atoms with Crippen LogP contribution in [-0.4, -0.2) is 24.7 Å². The molecule has 150 valence electrons. The van der Waals surface area contributed by atoms with Gasteiger partial charge in [-0.2, -0.15) is 10.4 Å². The van der Waals surface area contributed by atoms with Crippen molar-refractivity contribution in [1.29, 1.82) is 5.26 Å². The standard InChI is InChI=1S/C21H19FN8/c1-12-5-19(24)28-13(2)17(12)8-25-20-18-10-30(29-21(18)27-11-26-20)9-14-3-4-16(22)6-15(14)7-23/h3-6,10-11H,8-9H2,1-2H3,(H2,24,28)(H,25,26,27,29). The Hall–Kier alpha value is -4.06. The van der Waals surface area contributed by atoms with Gasteiger partial charge in [0, 0.05) is 18.4 Å². The third-order valence-electron chi connectivity index (χ3n) is 4.90. The fraction of sp³-hybridized carbons (Fsp3) is 0.190. The minimum atomic E-state index is -0.443. The van der Waals surface area contributed by atoms with Gasteiger partial charge < -0.3 is 11.1 Å². The summed E-state index contributed by atoms with van der Waals surface area (Å²) >= 11 is 0. The number of anilines is 2. The number of rotatable bonds is 5. The van der Waals surface area contributed by atoms with Gasteiger partial charge in [0.05, 0.1) is 23.6 Å². The number of benzene rings is 1. The van der Waals surface area contributed by atoms with Crippen LogP contribution in [0, 0.1) is 31.0 Å². The van der Waals surface area contributed by atoms with Crippen molar-refractivity contribution in [2.75, 3.05) is 11.1 Å². The SMILES string of the molecule is Cc1cc(N)nc(C)c1CNc1ncnc2nn(Cc3ccc(F)cc3C#N)cc12. The second kappa shape index (κ2) is 7.75. The molecule has 0 aliphatic rings. The van der Waals surface area contributed by atoms with E-state index in [0.717, 1.165) is 22.2 Å². The maximum atomic E-state index is 13.4. The molecule has 9 heteroatoms. The summed E-state index contributed by atoms with van der Waals surface area (Å²) in [6, 6.07) is 8.00. The van der Waals surface area contributed by atoms with E-state index in [1.54, 1.807) is 10.7 Å². The Morgan fingerprint density at radius 2 is 2.07 bits per heavy atom. The molecule has 0 atom stereocenters. The van der Waals surface area contributed by atoms with Crippen LogP contribution in [0.1, 0.15) is 27.9 Å². The second-order valence-corrected chi connectivity index (χ2v) is 6.98. The molecule has 0 spiro atoms. The van der Waals surface area contributed by atoms with Crippen LogP contribution in [0.4, 0.5) is 16.0 Å². The van der Waals surface area contributed by atoms with Crippen LogP contribution in [0.5, 0.6) is 0 Å². The van der Waals surface area contributed by atoms with Gasteiger partial charge in [0.1, 0.15) is 23.8 Å². The molecule has 0 fully saturated rings. The molecule has 4 rings (SSSR count). The highest BCUT2D eigenvalue weighted by Crippen LogP contribution is 2.22. The van der Waals surface area contributed by atoms with Crippen LogP contribution < -0.4 is 11.1 Å². The molecule has 0 amide bonds. The number of nitrogens with one attached hydrogen (secondary N) is 1. The number of fused-ring (bicyclic) bond motifs is 1. The Morgan fingerprint density at radius 1 is 1.23 bits per heavy atom. The largest absolute Gasteiger partial charge is 0.384 e. The smallest absolute Gasteiger partial charge is 0.186 e. The summed E-state index contributed by atoms with van der Waals surface area (Å²) in [6.45, 7) is 4.76. The molecule has 0 aliphatic heterocycles. The molecule has 0 bridgehead atoms. The summed E-state index contributed by atoms with van der Waals surface area (Å²) < 4.78 is 15.1. The van der Waals surface area contributed by atoms with Crippen molar-refractivity contribution >= 4 is 22.7 Å². The molecule has 0 radical (unpaired) electrons. The van der Waals surface area contributed by atoms with Gasteiger partial charge in [-0.25, -0.2) is 19.3 Å². The number of hydrogen-bond donors (Lipinski definition) is 2. The minimum Gasteiger partial charge on any atom is -0.384 e. The average Bonchev–Trinajstić information content (AvgIpc) is 3.11. The van der Waals surface area contributed by atoms with Crippen molar-refractivity contribution < 1.29 is 4.39 Å². The first-order valence-electron chi connectivity index (χ1n) is 9.27. The van der Waals surface area contributed by atoms with Crippen molar-refractivity contribution in [3.8, 4) is 6.07 Å². The molecular weight excluding hydrogens is 383 g/mol. The molecule has 1 aromatic carbocycles. The summed E-state index contributed by atoms with van der Waals surface area (Å²) in [5.41, 5.74) is 10.2. The fourth-order valence-corrected chi connectivity index (χ4v) is 3.40. The highest BCUT2D eigenvalue weighted by Gasteiger charge is 2.12. The van der Waals surface area contributed by atoms with E-state index in [-0.39, 0.29) is 5.56 Å². The lowest BCUT2D eigenvalue weighted by Gasteiger charge is -2.12. The van der Waals surface area contributed by atoms with Crippen LogP contribution in [-0.2, 0) is 13.1 Å². The number of nitriles is 1. The molecular formula is C21H19FN8. The first kappa shape index (κ1) is 19.3. The lowest BCUT2D eigenvalue weighted by Crippen LogP contribution is -2.08. The van der Waals surface area contributed by atoms with Crippen LogP contribution in [0.25, 0.3) is 11.0 Å². The third kappa shape index (κ3) is 3.75. The van der Waals surface area contributed by atoms with Gasteiger partial charge >= 0.3 is 0 Å². The van der Waals surface area contributed by atoms with Crippen molar-refractivity contribution in [2.24, 2.45) is 0 Å². The Bertz CT molecular complexity index is 1270. The van der Waals surface area contributed by atoms with Gasteiger partial charge in [-0.1, -0.05) is 6.07 Å². The minimum absolute atomic E-state index is 0.279. The van der Waals surface area contributed by atoms with Gasteiger partial charge in [-0.05, 0) is 48.7 Å². The summed E-state index contributed by atoms with van der Waals surface area (Å²) in [7, 11) is 0. The molecule has 3 N–H and O–H groups in total. The average molecular weight is 402 g/mol. The number of nitrogens with two attached hydrogens (primary N) is 1. The second-order valence-electron chi connectivity index (χ2n) is 6.98. The number of nitrogen functional groups attached to an aromatic ring is 1. The van der Waals surface area contributed by atoms with Crippen LogP contribution in [0.3, 0.4) is 0 Å². The molecule has 0 unspecified atom stereocenters. The van der Waals surface area contributed by atoms with E-state index in [9.17, 15) is 9.65 Å². The predicted molar refractivity (Wildman–Crippen MR) is 111 cm³/mol. The number of aromatic nitrogens is 5. The summed E-state index contributed by atoms with van der Waals surface area (Å²) in [5, 5.41) is 17.8. The zero-order valence-electron chi connectivity index (χ0n) is 16.5. The van der Waals surface area contributed by atoms with Crippen molar-refractivity contribution in [3.63, 3.8) is 0 Å². The Labute approximate surface area is 172 Å². The number of hydrogen-bond acceptors (Lipinski definition) is 7. The van der Waals surface area contributed by atoms with E-state index in [4.69, 9.17) is 5.73 Å². The van der Waals surface area contributed by atoms with Crippen LogP contribution in [0.15, 0.2) is 36.8 Å². The summed E-state index contributed by atoms with van der Waals surface area (Å²) in [6.07, 6.45) is 3.25. The number of halogens is 1. The molecule has 0 saturated carbocycles. The van der Waals surface area contributed by atoms with E-state index in [1.165, 1.54) is 18.5 Å². The maximum absolute atomic E-state index is 13.4. The molecule has 3 aromatic heterocycles. The monoisotopic (exact) mass is 402 g/mol. The van der Waals surface area contributed by atoms with Gasteiger partial charge in [0.2, 0.25) is 0 Å². The molecule has 30 heavy (non-hydrogen) atoms. The molecule has 4 aromatic rings. The Morgan fingerprint density at radius 3 is 2.83 bits per heavy atom. The first-order chi connectivity index (χ1) is 14.4. The van der Waals surface area contributed by atoms with Gasteiger partial charge in [-0.15, -0.1) is 0 Å². The molecule has 0 saturated heterocycles. The quantitative estimate of drug-likeness (QED) is 0.526. The van der Waals surface area contributed by atoms with Crippen LogP contribution in [0.2, 0.25) is 0 Å². The molecule has 8 nitrogen and oxygen atoms in total. The van der Waals surface area contributed by atoms with Crippen molar-refractivity contribution in [2.45, 2.75) is 26.9 Å². The zero-order chi connectivity index (χ0) is 21.3. The van der Waals surface area contributed by atoms with E-state index in [1.807, 2.05) is 32.2 Å². The van der Waals surface area contributed by atoms with E-state index in [2.05, 4.69) is 25.4 Å². The van der Waals surface area contributed by atoms with Crippen molar-refractivity contribution in [1.82, 2.24) is 24.7 Å². The fourth-order valence-electron chi connectivity index (χ4n) is 3.40. The molecule has 3 heterocycles. The molecule has 0 aliphatic carbocycles.